The molecule has 3 aliphatic rings. The Labute approximate surface area is 241 Å². The summed E-state index contributed by atoms with van der Waals surface area (Å²) in [6.45, 7) is 10.6. The molecule has 0 aliphatic heterocycles. The van der Waals surface area contributed by atoms with Crippen LogP contribution >= 0.6 is 0 Å². The third kappa shape index (κ3) is 6.03. The number of hydrogen-bond acceptors (Lipinski definition) is 6. The summed E-state index contributed by atoms with van der Waals surface area (Å²) in [7, 11) is 1.87. The van der Waals surface area contributed by atoms with Gasteiger partial charge in [-0.25, -0.2) is 0 Å². The summed E-state index contributed by atoms with van der Waals surface area (Å²) in [4.78, 5) is 12.0. The first-order valence-electron chi connectivity index (χ1n) is 15.2. The molecule has 40 heavy (non-hydrogen) atoms. The molecular formula is C34H53NO5. The molecule has 0 radical (unpaired) electrons. The maximum absolute atomic E-state index is 12.9. The van der Waals surface area contributed by atoms with Gasteiger partial charge < -0.3 is 25.7 Å². The molecule has 6 unspecified atom stereocenters. The SMILES string of the molecule is C=C(C=CC=C(CO)C1CCC23C(C(=C(C)C=O)CCC2(O)CCNC)C(CCO)CCC13O)CCC=C(C)C. The zero-order valence-electron chi connectivity index (χ0n) is 25.2. The molecule has 6 atom stereocenters. The van der Waals surface area contributed by atoms with Crippen LogP contribution in [0.1, 0.15) is 85.0 Å². The van der Waals surface area contributed by atoms with Gasteiger partial charge in [-0.15, -0.1) is 0 Å². The highest BCUT2D eigenvalue weighted by atomic mass is 16.3. The van der Waals surface area contributed by atoms with Crippen molar-refractivity contribution >= 4 is 6.29 Å². The molecule has 3 aliphatic carbocycles. The molecule has 3 rings (SSSR count). The lowest BCUT2D eigenvalue weighted by Crippen LogP contribution is -2.70. The number of allylic oxidation sites excluding steroid dienone is 8. The molecule has 0 saturated heterocycles. The lowest BCUT2D eigenvalue weighted by atomic mass is 9.42. The van der Waals surface area contributed by atoms with Crippen LogP contribution < -0.4 is 5.32 Å². The van der Waals surface area contributed by atoms with Crippen LogP contribution in [0, 0.1) is 23.2 Å². The molecule has 6 heteroatoms. The van der Waals surface area contributed by atoms with E-state index in [4.69, 9.17) is 0 Å². The lowest BCUT2D eigenvalue weighted by Gasteiger charge is -2.65. The van der Waals surface area contributed by atoms with Gasteiger partial charge in [-0.05, 0) is 122 Å². The van der Waals surface area contributed by atoms with Crippen molar-refractivity contribution in [1.29, 1.82) is 0 Å². The molecule has 1 spiro atoms. The molecule has 0 aromatic rings. The van der Waals surface area contributed by atoms with Gasteiger partial charge in [0.1, 0.15) is 6.29 Å². The number of aliphatic hydroxyl groups is 4. The van der Waals surface area contributed by atoms with Crippen molar-refractivity contribution in [2.75, 3.05) is 26.8 Å². The Kier molecular flexibility index (Phi) is 11.3. The third-order valence-electron chi connectivity index (χ3n) is 10.4. The molecular weight excluding hydrogens is 502 g/mol. The smallest absolute Gasteiger partial charge is 0.145 e. The molecule has 224 valence electrons. The predicted octanol–water partition coefficient (Wildman–Crippen LogP) is 4.95. The van der Waals surface area contributed by atoms with E-state index in [0.717, 1.165) is 35.8 Å². The van der Waals surface area contributed by atoms with E-state index in [-0.39, 0.29) is 31.0 Å². The van der Waals surface area contributed by atoms with Crippen molar-refractivity contribution in [2.45, 2.75) is 96.2 Å². The Bertz CT molecular complexity index is 1040. The number of carbonyl (C=O) groups excluding carboxylic acids is 1. The Morgan fingerprint density at radius 2 is 1.88 bits per heavy atom. The quantitative estimate of drug-likeness (QED) is 0.0952. The van der Waals surface area contributed by atoms with Crippen molar-refractivity contribution in [3.05, 3.63) is 58.7 Å². The summed E-state index contributed by atoms with van der Waals surface area (Å²) in [5.41, 5.74) is 1.52. The van der Waals surface area contributed by atoms with Crippen LogP contribution in [0.3, 0.4) is 0 Å². The van der Waals surface area contributed by atoms with E-state index in [9.17, 15) is 25.2 Å². The average molecular weight is 556 g/mol. The highest BCUT2D eigenvalue weighted by molar-refractivity contribution is 5.74. The van der Waals surface area contributed by atoms with Crippen molar-refractivity contribution in [3.8, 4) is 0 Å². The maximum Gasteiger partial charge on any atom is 0.145 e. The lowest BCUT2D eigenvalue weighted by molar-refractivity contribution is -0.254. The van der Waals surface area contributed by atoms with Gasteiger partial charge in [0.15, 0.2) is 0 Å². The Balaban J connectivity index is 2.07. The topological polar surface area (TPSA) is 110 Å². The van der Waals surface area contributed by atoms with Crippen LogP contribution in [-0.2, 0) is 4.79 Å². The largest absolute Gasteiger partial charge is 0.396 e. The van der Waals surface area contributed by atoms with Crippen molar-refractivity contribution < 1.29 is 25.2 Å². The third-order valence-corrected chi connectivity index (χ3v) is 10.4. The standard InChI is InChI=1S/C34H53NO5/c1-24(2)8-6-9-25(3)10-7-11-28(23-38)30-14-17-33-31(27(15-21-36)12-18-34(30,33)40)29(26(4)22-37)13-16-32(33,39)19-20-35-5/h7-8,10-11,22,27,30-31,35-36,38-40H,3,6,9,12-21,23H2,1-2,4-5H3. The number of aliphatic hydroxyl groups excluding tert-OH is 2. The van der Waals surface area contributed by atoms with Gasteiger partial charge in [-0.2, -0.15) is 0 Å². The molecule has 0 aromatic carbocycles. The van der Waals surface area contributed by atoms with Crippen LogP contribution in [0.4, 0.5) is 0 Å². The summed E-state index contributed by atoms with van der Waals surface area (Å²) >= 11 is 0. The molecule has 0 amide bonds. The van der Waals surface area contributed by atoms with Gasteiger partial charge in [-0.1, -0.05) is 47.6 Å². The highest BCUT2D eigenvalue weighted by Gasteiger charge is 2.74. The average Bonchev–Trinajstić information content (AvgIpc) is 3.24. The van der Waals surface area contributed by atoms with Crippen LogP contribution in [0.5, 0.6) is 0 Å². The monoisotopic (exact) mass is 555 g/mol. The van der Waals surface area contributed by atoms with Gasteiger partial charge >= 0.3 is 0 Å². The van der Waals surface area contributed by atoms with E-state index in [1.165, 1.54) is 5.57 Å². The Morgan fingerprint density at radius 3 is 2.50 bits per heavy atom. The van der Waals surface area contributed by atoms with Gasteiger partial charge in [-0.3, -0.25) is 4.79 Å². The normalized spacial score (nSPS) is 35.3. The molecule has 6 nitrogen and oxygen atoms in total. The first kappa shape index (κ1) is 32.7. The summed E-state index contributed by atoms with van der Waals surface area (Å²) in [5.74, 6) is -0.439. The second-order valence-corrected chi connectivity index (χ2v) is 12.7. The van der Waals surface area contributed by atoms with E-state index in [1.54, 1.807) is 0 Å². The van der Waals surface area contributed by atoms with Crippen molar-refractivity contribution in [3.63, 3.8) is 0 Å². The summed E-state index contributed by atoms with van der Waals surface area (Å²) in [6, 6.07) is 0. The van der Waals surface area contributed by atoms with E-state index in [2.05, 4.69) is 31.8 Å². The molecule has 0 aromatic heterocycles. The molecule has 3 fully saturated rings. The Morgan fingerprint density at radius 1 is 1.12 bits per heavy atom. The highest BCUT2D eigenvalue weighted by Crippen LogP contribution is 2.72. The number of carbonyl (C=O) groups is 1. The fourth-order valence-corrected chi connectivity index (χ4v) is 8.55. The number of rotatable bonds is 13. The molecule has 0 bridgehead atoms. The molecule has 3 saturated carbocycles. The second-order valence-electron chi connectivity index (χ2n) is 12.7. The number of hydrogen-bond donors (Lipinski definition) is 5. The Hall–Kier alpha value is -1.83. The van der Waals surface area contributed by atoms with Crippen molar-refractivity contribution in [2.24, 2.45) is 23.2 Å². The van der Waals surface area contributed by atoms with Crippen LogP contribution in [0.2, 0.25) is 0 Å². The van der Waals surface area contributed by atoms with Gasteiger partial charge in [0, 0.05) is 17.9 Å². The summed E-state index contributed by atoms with van der Waals surface area (Å²) < 4.78 is 0. The second kappa shape index (κ2) is 13.9. The number of aldehydes is 1. The van der Waals surface area contributed by atoms with E-state index < -0.39 is 16.6 Å². The number of nitrogens with one attached hydrogen (secondary N) is 1. The molecule has 5 N–H and O–H groups in total. The fraction of sp³-hybridized carbons (Fsp3) is 0.676. The summed E-state index contributed by atoms with van der Waals surface area (Å²) in [6.07, 6.45) is 15.3. The van der Waals surface area contributed by atoms with Crippen LogP contribution in [-0.4, -0.2) is 64.7 Å². The molecule has 0 heterocycles. The fourth-order valence-electron chi connectivity index (χ4n) is 8.55. The predicted molar refractivity (Wildman–Crippen MR) is 162 cm³/mol. The minimum atomic E-state index is -1.25. The zero-order chi connectivity index (χ0) is 29.6. The van der Waals surface area contributed by atoms with E-state index in [0.29, 0.717) is 63.5 Å². The van der Waals surface area contributed by atoms with Gasteiger partial charge in [0.25, 0.3) is 0 Å². The van der Waals surface area contributed by atoms with Crippen molar-refractivity contribution in [1.82, 2.24) is 5.32 Å². The maximum atomic E-state index is 12.9. The first-order valence-corrected chi connectivity index (χ1v) is 15.2. The zero-order valence-corrected chi connectivity index (χ0v) is 25.2. The summed E-state index contributed by atoms with van der Waals surface area (Å²) in [5, 5.41) is 49.1. The van der Waals surface area contributed by atoms with E-state index >= 15 is 0 Å². The van der Waals surface area contributed by atoms with Gasteiger partial charge in [0.05, 0.1) is 17.8 Å². The first-order chi connectivity index (χ1) is 19.0. The van der Waals surface area contributed by atoms with Crippen LogP contribution in [0.25, 0.3) is 0 Å². The van der Waals surface area contributed by atoms with Gasteiger partial charge in [0.2, 0.25) is 0 Å². The minimum absolute atomic E-state index is 0.0333. The van der Waals surface area contributed by atoms with E-state index in [1.807, 2.05) is 32.2 Å². The minimum Gasteiger partial charge on any atom is -0.396 e. The van der Waals surface area contributed by atoms with Crippen LogP contribution in [0.15, 0.2) is 58.7 Å².